The monoisotopic (exact) mass is 312 g/mol. The van der Waals surface area contributed by atoms with Crippen molar-refractivity contribution in [3.05, 3.63) is 51.3 Å². The number of nitrogens with zero attached hydrogens (tertiary/aromatic N) is 2. The Morgan fingerprint density at radius 3 is 2.70 bits per heavy atom. The fraction of sp³-hybridized carbons (Fsp3) is 0.357. The van der Waals surface area contributed by atoms with Crippen molar-refractivity contribution < 1.29 is 0 Å². The second kappa shape index (κ2) is 6.59. The maximum atomic E-state index is 6.22. The number of benzene rings is 1. The molecule has 3 N–H and O–H groups in total. The minimum absolute atomic E-state index is 0.0465. The van der Waals surface area contributed by atoms with Crippen LogP contribution in [0.4, 0.5) is 0 Å². The van der Waals surface area contributed by atoms with E-state index in [1.165, 1.54) is 0 Å². The molecule has 0 aliphatic heterocycles. The zero-order chi connectivity index (χ0) is 14.7. The molecule has 0 radical (unpaired) electrons. The minimum atomic E-state index is -0.0465. The van der Waals surface area contributed by atoms with Gasteiger partial charge < -0.3 is 0 Å². The average molecular weight is 313 g/mol. The van der Waals surface area contributed by atoms with Gasteiger partial charge in [-0.25, -0.2) is 0 Å². The molecule has 1 aromatic heterocycles. The smallest absolute Gasteiger partial charge is 0.0669 e. The van der Waals surface area contributed by atoms with E-state index in [1.807, 2.05) is 29.8 Å². The summed E-state index contributed by atoms with van der Waals surface area (Å²) in [5, 5.41) is 5.72. The molecular formula is C14H18Cl2N4. The molecule has 1 unspecified atom stereocenters. The first-order chi connectivity index (χ1) is 9.55. The summed E-state index contributed by atoms with van der Waals surface area (Å²) >= 11 is 12.1. The highest BCUT2D eigenvalue weighted by Crippen LogP contribution is 2.26. The molecule has 0 amide bonds. The van der Waals surface area contributed by atoms with Crippen LogP contribution >= 0.6 is 23.2 Å². The Bertz CT molecular complexity index is 595. The second-order valence-corrected chi connectivity index (χ2v) is 5.53. The number of hydrogen-bond donors (Lipinski definition) is 2. The summed E-state index contributed by atoms with van der Waals surface area (Å²) < 4.78 is 1.95. The van der Waals surface area contributed by atoms with Crippen molar-refractivity contribution in [3.63, 3.8) is 0 Å². The van der Waals surface area contributed by atoms with E-state index in [1.54, 1.807) is 6.07 Å². The van der Waals surface area contributed by atoms with Crippen LogP contribution in [0.2, 0.25) is 10.0 Å². The lowest BCUT2D eigenvalue weighted by atomic mass is 10.0. The summed E-state index contributed by atoms with van der Waals surface area (Å²) in [5.74, 6) is 5.71. The van der Waals surface area contributed by atoms with Gasteiger partial charge in [-0.15, -0.1) is 0 Å². The lowest BCUT2D eigenvalue weighted by Gasteiger charge is -2.18. The van der Waals surface area contributed by atoms with E-state index < -0.39 is 0 Å². The van der Waals surface area contributed by atoms with Crippen LogP contribution in [0.3, 0.4) is 0 Å². The van der Waals surface area contributed by atoms with Crippen LogP contribution in [0, 0.1) is 6.92 Å². The molecule has 108 valence electrons. The predicted molar refractivity (Wildman–Crippen MR) is 82.9 cm³/mol. The molecule has 0 aliphatic carbocycles. The van der Waals surface area contributed by atoms with E-state index in [9.17, 15) is 0 Å². The minimum Gasteiger partial charge on any atom is -0.271 e. The first-order valence-electron chi connectivity index (χ1n) is 6.49. The van der Waals surface area contributed by atoms with Crippen molar-refractivity contribution in [2.24, 2.45) is 5.84 Å². The Hall–Kier alpha value is -1.07. The molecule has 6 heteroatoms. The largest absolute Gasteiger partial charge is 0.271 e. The third-order valence-corrected chi connectivity index (χ3v) is 3.82. The summed E-state index contributed by atoms with van der Waals surface area (Å²) in [5.41, 5.74) is 5.88. The van der Waals surface area contributed by atoms with Crippen molar-refractivity contribution >= 4 is 23.2 Å². The highest BCUT2D eigenvalue weighted by Gasteiger charge is 2.17. The summed E-state index contributed by atoms with van der Waals surface area (Å²) in [6, 6.07) is 7.49. The number of halogens is 2. The first kappa shape index (κ1) is 15.3. The number of rotatable bonds is 5. The SMILES string of the molecule is CCn1nc(C)cc1C(Cc1ccc(Cl)cc1Cl)NN. The molecule has 0 fully saturated rings. The van der Waals surface area contributed by atoms with E-state index in [4.69, 9.17) is 29.0 Å². The van der Waals surface area contributed by atoms with E-state index in [-0.39, 0.29) is 6.04 Å². The standard InChI is InChI=1S/C14H18Cl2N4/c1-3-20-14(6-9(2)19-20)13(18-17)7-10-4-5-11(15)8-12(10)16/h4-6,8,13,18H,3,7,17H2,1-2H3. The van der Waals surface area contributed by atoms with Crippen molar-refractivity contribution in [1.29, 1.82) is 0 Å². The van der Waals surface area contributed by atoms with Crippen LogP contribution < -0.4 is 11.3 Å². The van der Waals surface area contributed by atoms with Gasteiger partial charge in [-0.2, -0.15) is 5.10 Å². The summed E-state index contributed by atoms with van der Waals surface area (Å²) in [6.45, 7) is 4.83. The van der Waals surface area contributed by atoms with Crippen molar-refractivity contribution in [1.82, 2.24) is 15.2 Å². The first-order valence-corrected chi connectivity index (χ1v) is 7.25. The quantitative estimate of drug-likeness (QED) is 0.658. The van der Waals surface area contributed by atoms with Gasteiger partial charge in [0.15, 0.2) is 0 Å². The molecule has 20 heavy (non-hydrogen) atoms. The van der Waals surface area contributed by atoms with E-state index in [0.29, 0.717) is 16.5 Å². The van der Waals surface area contributed by atoms with Gasteiger partial charge in [0.25, 0.3) is 0 Å². The summed E-state index contributed by atoms with van der Waals surface area (Å²) in [4.78, 5) is 0. The lowest BCUT2D eigenvalue weighted by molar-refractivity contribution is 0.490. The van der Waals surface area contributed by atoms with Crippen LogP contribution in [0.1, 0.15) is 29.9 Å². The zero-order valence-corrected chi connectivity index (χ0v) is 13.0. The number of hydrazine groups is 1. The van der Waals surface area contributed by atoms with E-state index in [0.717, 1.165) is 23.5 Å². The fourth-order valence-electron chi connectivity index (χ4n) is 2.26. The number of hydrogen-bond acceptors (Lipinski definition) is 3. The second-order valence-electron chi connectivity index (χ2n) is 4.69. The molecule has 1 heterocycles. The number of aromatic nitrogens is 2. The Morgan fingerprint density at radius 1 is 1.35 bits per heavy atom. The maximum absolute atomic E-state index is 6.22. The molecule has 4 nitrogen and oxygen atoms in total. The molecule has 1 atom stereocenters. The fourth-order valence-corrected chi connectivity index (χ4v) is 2.74. The van der Waals surface area contributed by atoms with Crippen LogP contribution in [-0.4, -0.2) is 9.78 Å². The highest BCUT2D eigenvalue weighted by atomic mass is 35.5. The van der Waals surface area contributed by atoms with Crippen LogP contribution in [0.5, 0.6) is 0 Å². The van der Waals surface area contributed by atoms with Gasteiger partial charge in [0, 0.05) is 16.6 Å². The molecule has 1 aromatic carbocycles. The highest BCUT2D eigenvalue weighted by molar-refractivity contribution is 6.35. The molecule has 0 saturated carbocycles. The zero-order valence-electron chi connectivity index (χ0n) is 11.5. The Labute approximate surface area is 128 Å². The number of nitrogens with one attached hydrogen (secondary N) is 1. The predicted octanol–water partition coefficient (Wildman–Crippen LogP) is 3.27. The Kier molecular flexibility index (Phi) is 5.05. The lowest BCUT2D eigenvalue weighted by Crippen LogP contribution is -2.31. The van der Waals surface area contributed by atoms with E-state index in [2.05, 4.69) is 17.4 Å². The van der Waals surface area contributed by atoms with Crippen LogP contribution in [0.25, 0.3) is 0 Å². The molecular weight excluding hydrogens is 295 g/mol. The van der Waals surface area contributed by atoms with Gasteiger partial charge in [-0.05, 0) is 44.0 Å². The third kappa shape index (κ3) is 3.33. The normalized spacial score (nSPS) is 12.7. The van der Waals surface area contributed by atoms with Gasteiger partial charge in [0.2, 0.25) is 0 Å². The molecule has 0 bridgehead atoms. The maximum Gasteiger partial charge on any atom is 0.0669 e. The average Bonchev–Trinajstić information content (AvgIpc) is 2.79. The Balaban J connectivity index is 2.28. The van der Waals surface area contributed by atoms with Crippen LogP contribution in [0.15, 0.2) is 24.3 Å². The van der Waals surface area contributed by atoms with Crippen molar-refractivity contribution in [3.8, 4) is 0 Å². The van der Waals surface area contributed by atoms with Gasteiger partial charge in [-0.3, -0.25) is 16.0 Å². The number of nitrogens with two attached hydrogens (primary N) is 1. The molecule has 2 aromatic rings. The van der Waals surface area contributed by atoms with Crippen molar-refractivity contribution in [2.75, 3.05) is 0 Å². The summed E-state index contributed by atoms with van der Waals surface area (Å²) in [7, 11) is 0. The van der Waals surface area contributed by atoms with E-state index >= 15 is 0 Å². The topological polar surface area (TPSA) is 55.9 Å². The van der Waals surface area contributed by atoms with Crippen molar-refractivity contribution in [2.45, 2.75) is 32.9 Å². The third-order valence-electron chi connectivity index (χ3n) is 3.23. The molecule has 0 spiro atoms. The number of aryl methyl sites for hydroxylation is 2. The molecule has 0 saturated heterocycles. The summed E-state index contributed by atoms with van der Waals surface area (Å²) in [6.07, 6.45) is 0.678. The Morgan fingerprint density at radius 2 is 2.10 bits per heavy atom. The van der Waals surface area contributed by atoms with Crippen LogP contribution in [-0.2, 0) is 13.0 Å². The molecule has 2 rings (SSSR count). The van der Waals surface area contributed by atoms with Gasteiger partial charge in [0.1, 0.15) is 0 Å². The molecule has 0 aliphatic rings. The van der Waals surface area contributed by atoms with Gasteiger partial charge in [-0.1, -0.05) is 29.3 Å². The van der Waals surface area contributed by atoms with Gasteiger partial charge in [0.05, 0.1) is 17.4 Å². The van der Waals surface area contributed by atoms with Gasteiger partial charge >= 0.3 is 0 Å².